The highest BCUT2D eigenvalue weighted by Gasteiger charge is 2.07. The highest BCUT2D eigenvalue weighted by Crippen LogP contribution is 2.25. The van der Waals surface area contributed by atoms with Gasteiger partial charge in [-0.15, -0.1) is 6.58 Å². The summed E-state index contributed by atoms with van der Waals surface area (Å²) in [5, 5.41) is 7.53. The highest BCUT2D eigenvalue weighted by atomic mass is 32.1. The Kier molecular flexibility index (Phi) is 7.82. The number of hydrogen-bond donors (Lipinski definition) is 2. The number of aryl methyl sites for hydroxylation is 1. The Balaban J connectivity index is 2.07. The second-order valence-electron chi connectivity index (χ2n) is 5.93. The molecule has 0 unspecified atom stereocenters. The molecule has 0 radical (unpaired) electrons. The minimum atomic E-state index is 0.405. The van der Waals surface area contributed by atoms with Gasteiger partial charge in [-0.1, -0.05) is 18.2 Å². The molecule has 5 nitrogen and oxygen atoms in total. The van der Waals surface area contributed by atoms with Crippen LogP contribution < -0.4 is 20.2 Å². The summed E-state index contributed by atoms with van der Waals surface area (Å²) in [7, 11) is 1.65. The molecule has 0 aliphatic rings. The van der Waals surface area contributed by atoms with Crippen LogP contribution in [0.5, 0.6) is 11.5 Å². The van der Waals surface area contributed by atoms with Crippen LogP contribution in [0.25, 0.3) is 0 Å². The first kappa shape index (κ1) is 20.5. The van der Waals surface area contributed by atoms with E-state index in [1.165, 1.54) is 5.56 Å². The van der Waals surface area contributed by atoms with Crippen LogP contribution in [0.4, 0.5) is 0 Å². The van der Waals surface area contributed by atoms with Crippen molar-refractivity contribution in [2.45, 2.75) is 20.5 Å². The van der Waals surface area contributed by atoms with Crippen LogP contribution in [0.2, 0.25) is 0 Å². The minimum Gasteiger partial charge on any atom is -0.496 e. The fraction of sp³-hybridized carbons (Fsp3) is 0.238. The van der Waals surface area contributed by atoms with Crippen molar-refractivity contribution < 1.29 is 9.47 Å². The van der Waals surface area contributed by atoms with Crippen molar-refractivity contribution in [3.8, 4) is 11.5 Å². The lowest BCUT2D eigenvalue weighted by atomic mass is 10.1. The molecule has 0 atom stereocenters. The van der Waals surface area contributed by atoms with Gasteiger partial charge in [0.2, 0.25) is 0 Å². The fourth-order valence-corrected chi connectivity index (χ4v) is 2.53. The summed E-state index contributed by atoms with van der Waals surface area (Å²) in [6.07, 6.45) is 3.42. The van der Waals surface area contributed by atoms with Gasteiger partial charge in [0.25, 0.3) is 0 Å². The van der Waals surface area contributed by atoms with Gasteiger partial charge in [-0.05, 0) is 67.0 Å². The van der Waals surface area contributed by atoms with Crippen LogP contribution in [0, 0.1) is 13.8 Å². The second-order valence-corrected chi connectivity index (χ2v) is 6.33. The van der Waals surface area contributed by atoms with E-state index in [0.29, 0.717) is 18.3 Å². The van der Waals surface area contributed by atoms with E-state index in [2.05, 4.69) is 42.3 Å². The molecule has 0 aliphatic heterocycles. The number of hydrazone groups is 1. The number of thiocarbonyl (C=S) groups is 1. The molecular formula is C21H25N3O2S. The first-order chi connectivity index (χ1) is 13.0. The summed E-state index contributed by atoms with van der Waals surface area (Å²) in [5.74, 6) is 1.64. The van der Waals surface area contributed by atoms with E-state index in [9.17, 15) is 0 Å². The van der Waals surface area contributed by atoms with Crippen molar-refractivity contribution in [3.05, 3.63) is 71.3 Å². The standard InChI is InChI=1S/C21H25N3O2S/c1-5-11-22-21(27)24-23-13-17-9-10-20(25-4)18(12-17)14-26-19-8-6-7-15(2)16(19)3/h5-10,12-13H,1,11,14H2,2-4H3,(H2,22,24,27)/b23-13+. The maximum absolute atomic E-state index is 6.01. The van der Waals surface area contributed by atoms with Crippen molar-refractivity contribution in [1.82, 2.24) is 10.7 Å². The van der Waals surface area contributed by atoms with Crippen LogP contribution in [0.1, 0.15) is 22.3 Å². The van der Waals surface area contributed by atoms with Crippen LogP contribution in [0.15, 0.2) is 54.2 Å². The zero-order valence-corrected chi connectivity index (χ0v) is 16.7. The van der Waals surface area contributed by atoms with Gasteiger partial charge in [-0.3, -0.25) is 5.43 Å². The topological polar surface area (TPSA) is 54.9 Å². The van der Waals surface area contributed by atoms with Crippen molar-refractivity contribution >= 4 is 23.5 Å². The van der Waals surface area contributed by atoms with E-state index in [0.717, 1.165) is 28.2 Å². The van der Waals surface area contributed by atoms with Crippen molar-refractivity contribution in [2.24, 2.45) is 5.10 Å². The minimum absolute atomic E-state index is 0.405. The number of methoxy groups -OCH3 is 1. The number of nitrogens with one attached hydrogen (secondary N) is 2. The van der Waals surface area contributed by atoms with E-state index >= 15 is 0 Å². The van der Waals surface area contributed by atoms with E-state index in [1.807, 2.05) is 30.3 Å². The van der Waals surface area contributed by atoms with Gasteiger partial charge < -0.3 is 14.8 Å². The molecule has 0 saturated carbocycles. The largest absolute Gasteiger partial charge is 0.496 e. The van der Waals surface area contributed by atoms with Crippen molar-refractivity contribution in [1.29, 1.82) is 0 Å². The molecule has 27 heavy (non-hydrogen) atoms. The molecule has 0 aliphatic carbocycles. The Bertz CT molecular complexity index is 834. The third-order valence-corrected chi connectivity index (χ3v) is 4.26. The van der Waals surface area contributed by atoms with E-state index in [-0.39, 0.29) is 0 Å². The monoisotopic (exact) mass is 383 g/mol. The number of nitrogens with zero attached hydrogens (tertiary/aromatic N) is 1. The quantitative estimate of drug-likeness (QED) is 0.314. The summed E-state index contributed by atoms with van der Waals surface area (Å²) >= 11 is 5.09. The molecule has 0 saturated heterocycles. The SMILES string of the molecule is C=CCNC(=S)N/N=C/c1ccc(OC)c(COc2cccc(C)c2C)c1. The maximum Gasteiger partial charge on any atom is 0.187 e. The van der Waals surface area contributed by atoms with E-state index in [4.69, 9.17) is 21.7 Å². The molecule has 0 amide bonds. The van der Waals surface area contributed by atoms with Gasteiger partial charge in [0.05, 0.1) is 13.3 Å². The predicted octanol–water partition coefficient (Wildman–Crippen LogP) is 3.88. The van der Waals surface area contributed by atoms with E-state index < -0.39 is 0 Å². The number of ether oxygens (including phenoxy) is 2. The summed E-state index contributed by atoms with van der Waals surface area (Å²) in [6, 6.07) is 11.8. The lowest BCUT2D eigenvalue weighted by molar-refractivity contribution is 0.294. The van der Waals surface area contributed by atoms with Crippen LogP contribution >= 0.6 is 12.2 Å². The first-order valence-electron chi connectivity index (χ1n) is 8.59. The maximum atomic E-state index is 6.01. The van der Waals surface area contributed by atoms with Gasteiger partial charge in [-0.25, -0.2) is 0 Å². The number of hydrogen-bond acceptors (Lipinski definition) is 4. The van der Waals surface area contributed by atoms with Gasteiger partial charge in [-0.2, -0.15) is 5.10 Å². The zero-order valence-electron chi connectivity index (χ0n) is 15.9. The average molecular weight is 384 g/mol. The van der Waals surface area contributed by atoms with Gasteiger partial charge >= 0.3 is 0 Å². The second kappa shape index (κ2) is 10.3. The summed E-state index contributed by atoms with van der Waals surface area (Å²) in [5.41, 5.74) is 6.96. The van der Waals surface area contributed by atoms with Crippen LogP contribution in [0.3, 0.4) is 0 Å². The molecular weight excluding hydrogens is 358 g/mol. The number of rotatable bonds is 8. The lowest BCUT2D eigenvalue weighted by Gasteiger charge is -2.13. The Morgan fingerprint density at radius 3 is 2.78 bits per heavy atom. The molecule has 2 rings (SSSR count). The molecule has 2 N–H and O–H groups in total. The summed E-state index contributed by atoms with van der Waals surface area (Å²) in [4.78, 5) is 0. The van der Waals surface area contributed by atoms with Crippen LogP contribution in [-0.4, -0.2) is 25.0 Å². The molecule has 0 aromatic heterocycles. The molecule has 0 fully saturated rings. The van der Waals surface area contributed by atoms with Crippen molar-refractivity contribution in [3.63, 3.8) is 0 Å². The molecule has 2 aromatic rings. The highest BCUT2D eigenvalue weighted by molar-refractivity contribution is 7.80. The average Bonchev–Trinajstić information content (AvgIpc) is 2.67. The molecule has 0 spiro atoms. The molecule has 142 valence electrons. The normalized spacial score (nSPS) is 10.5. The van der Waals surface area contributed by atoms with Gasteiger partial charge in [0.1, 0.15) is 18.1 Å². The molecule has 0 bridgehead atoms. The number of benzene rings is 2. The Morgan fingerprint density at radius 1 is 1.22 bits per heavy atom. The molecule has 2 aromatic carbocycles. The fourth-order valence-electron chi connectivity index (χ4n) is 2.40. The lowest BCUT2D eigenvalue weighted by Crippen LogP contribution is -2.31. The molecule has 0 heterocycles. The summed E-state index contributed by atoms with van der Waals surface area (Å²) in [6.45, 7) is 8.74. The first-order valence-corrected chi connectivity index (χ1v) is 8.99. The van der Waals surface area contributed by atoms with Crippen molar-refractivity contribution in [2.75, 3.05) is 13.7 Å². The van der Waals surface area contributed by atoms with E-state index in [1.54, 1.807) is 19.4 Å². The Morgan fingerprint density at radius 2 is 2.04 bits per heavy atom. The predicted molar refractivity (Wildman–Crippen MR) is 115 cm³/mol. The Labute approximate surface area is 166 Å². The Hall–Kier alpha value is -2.86. The van der Waals surface area contributed by atoms with Crippen LogP contribution in [-0.2, 0) is 6.61 Å². The smallest absolute Gasteiger partial charge is 0.187 e. The van der Waals surface area contributed by atoms with Gasteiger partial charge in [0.15, 0.2) is 5.11 Å². The van der Waals surface area contributed by atoms with Gasteiger partial charge in [0, 0.05) is 12.1 Å². The third kappa shape index (κ3) is 6.11. The zero-order chi connectivity index (χ0) is 19.6. The summed E-state index contributed by atoms with van der Waals surface area (Å²) < 4.78 is 11.5. The molecule has 6 heteroatoms. The third-order valence-electron chi connectivity index (χ3n) is 4.03.